The van der Waals surface area contributed by atoms with Gasteiger partial charge >= 0.3 is 11.9 Å². The number of hydrogen-bond acceptors (Lipinski definition) is 9. The number of unbranched alkanes of at least 4 members (excludes halogenated alkanes) is 2. The van der Waals surface area contributed by atoms with Crippen molar-refractivity contribution in [2.45, 2.75) is 73.8 Å². The fourth-order valence-corrected chi connectivity index (χ4v) is 10.7. The number of carbonyl (C=O) groups is 2. The largest absolute Gasteiger partial charge is 0.478 e. The lowest BCUT2D eigenvalue weighted by molar-refractivity contribution is 0.0662. The quantitative estimate of drug-likeness (QED) is 0.0155. The van der Waals surface area contributed by atoms with Crippen LogP contribution in [0.25, 0.3) is 66.8 Å². The summed E-state index contributed by atoms with van der Waals surface area (Å²) in [6.45, 7) is 21.3. The molecular weight excluding hydrogens is 1060 g/mol. The molecule has 1 unspecified atom stereocenters. The smallest absolute Gasteiger partial charge is 0.336 e. The highest BCUT2D eigenvalue weighted by molar-refractivity contribution is 7.80. The molecule has 0 spiro atoms. The molecule has 8 rings (SSSR count). The highest BCUT2D eigenvalue weighted by Crippen LogP contribution is 2.44. The molecule has 1 atom stereocenters. The first-order chi connectivity index (χ1) is 39.1. The summed E-state index contributed by atoms with van der Waals surface area (Å²) in [4.78, 5) is 30.6. The molecule has 2 aliphatic carbocycles. The minimum absolute atomic E-state index is 0.131. The Morgan fingerprint density at radius 3 is 1.44 bits per heavy atom. The van der Waals surface area contributed by atoms with Gasteiger partial charge in [0, 0.05) is 126 Å². The summed E-state index contributed by atoms with van der Waals surface area (Å²) in [5.41, 5.74) is 9.17. The molecule has 0 saturated carbocycles. The molecule has 2 heterocycles. The first-order valence-corrected chi connectivity index (χ1v) is 29.0. The van der Waals surface area contributed by atoms with Gasteiger partial charge < -0.3 is 54.9 Å². The number of hydrogen-bond donors (Lipinski definition) is 6. The minimum Gasteiger partial charge on any atom is -0.478 e. The summed E-state index contributed by atoms with van der Waals surface area (Å²) >= 11 is 11.3. The van der Waals surface area contributed by atoms with E-state index in [4.69, 9.17) is 38.0 Å². The number of nitrogens with one attached hydrogen (secondary N) is 4. The average molecular weight is 1130 g/mol. The summed E-state index contributed by atoms with van der Waals surface area (Å²) < 4.78 is 23.6. The van der Waals surface area contributed by atoms with Crippen LogP contribution in [0, 0.1) is 0 Å². The lowest BCUT2D eigenvalue weighted by atomic mass is 9.90. The van der Waals surface area contributed by atoms with Gasteiger partial charge in [-0.2, -0.15) is 0 Å². The fourth-order valence-electron chi connectivity index (χ4n) is 10.3. The van der Waals surface area contributed by atoms with E-state index in [0.717, 1.165) is 114 Å². The van der Waals surface area contributed by atoms with Crippen LogP contribution in [0.5, 0.6) is 0 Å². The summed E-state index contributed by atoms with van der Waals surface area (Å²) in [6, 6.07) is 35.1. The number of fused-ring (bicyclic) bond motifs is 4. The van der Waals surface area contributed by atoms with E-state index in [1.54, 1.807) is 12.1 Å². The van der Waals surface area contributed by atoms with Crippen LogP contribution in [-0.2, 0) is 4.74 Å². The van der Waals surface area contributed by atoms with Crippen molar-refractivity contribution in [3.05, 3.63) is 131 Å². The highest BCUT2D eigenvalue weighted by Gasteiger charge is 2.26. The van der Waals surface area contributed by atoms with Gasteiger partial charge in [0.15, 0.2) is 10.2 Å². The Morgan fingerprint density at radius 2 is 1.01 bits per heavy atom. The lowest BCUT2D eigenvalue weighted by Gasteiger charge is -2.22. The summed E-state index contributed by atoms with van der Waals surface area (Å²) in [6.07, 6.45) is 2.42. The molecule has 0 amide bonds. The van der Waals surface area contributed by atoms with E-state index in [2.05, 4.69) is 93.9 Å². The fraction of sp³-hybridized carbons (Fsp3) is 0.344. The molecular formula is C64H76N8O7S2+2. The maximum Gasteiger partial charge on any atom is 0.336 e. The zero-order valence-electron chi connectivity index (χ0n) is 48.0. The molecule has 424 valence electrons. The van der Waals surface area contributed by atoms with E-state index in [9.17, 15) is 19.8 Å². The van der Waals surface area contributed by atoms with Crippen molar-refractivity contribution >= 4 is 91.3 Å². The van der Waals surface area contributed by atoms with Crippen LogP contribution in [0.2, 0.25) is 0 Å². The van der Waals surface area contributed by atoms with Gasteiger partial charge in [0.25, 0.3) is 0 Å². The molecule has 6 N–H and O–H groups in total. The van der Waals surface area contributed by atoms with Crippen LogP contribution in [0.1, 0.15) is 88.4 Å². The number of ether oxygens (including phenoxy) is 1. The summed E-state index contributed by atoms with van der Waals surface area (Å²) in [7, 11) is 4.06. The Kier molecular flexibility index (Phi) is 19.8. The van der Waals surface area contributed by atoms with Gasteiger partial charge in [0.1, 0.15) is 49.9 Å². The number of thiocarbonyl (C=S) groups is 2. The topological polar surface area (TPSA) is 171 Å². The predicted molar refractivity (Wildman–Crippen MR) is 339 cm³/mol. The third-order valence-electron chi connectivity index (χ3n) is 15.1. The number of carboxylic acid groups (broad SMARTS) is 2. The summed E-state index contributed by atoms with van der Waals surface area (Å²) in [5, 5.41) is 38.5. The van der Waals surface area contributed by atoms with E-state index in [1.807, 2.05) is 106 Å². The van der Waals surface area contributed by atoms with Gasteiger partial charge in [0.05, 0.1) is 29.4 Å². The summed E-state index contributed by atoms with van der Waals surface area (Å²) in [5.74, 6) is -0.774. The van der Waals surface area contributed by atoms with Crippen LogP contribution in [-0.4, -0.2) is 112 Å². The van der Waals surface area contributed by atoms with Gasteiger partial charge in [-0.3, -0.25) is 0 Å². The molecule has 2 aliphatic heterocycles. The van der Waals surface area contributed by atoms with Crippen LogP contribution < -0.4 is 50.9 Å². The maximum absolute atomic E-state index is 13.0. The first kappa shape index (κ1) is 59.3. The molecule has 0 bridgehead atoms. The van der Waals surface area contributed by atoms with Gasteiger partial charge in [-0.1, -0.05) is 12.1 Å². The molecule has 17 heteroatoms. The monoisotopic (exact) mass is 1130 g/mol. The van der Waals surface area contributed by atoms with E-state index in [0.29, 0.717) is 75.1 Å². The Hall–Kier alpha value is -7.86. The zero-order valence-corrected chi connectivity index (χ0v) is 49.6. The molecule has 4 aromatic rings. The molecule has 81 heavy (non-hydrogen) atoms. The van der Waals surface area contributed by atoms with Crippen LogP contribution >= 0.6 is 24.4 Å². The number of anilines is 4. The van der Waals surface area contributed by atoms with Gasteiger partial charge in [-0.05, 0) is 164 Å². The van der Waals surface area contributed by atoms with Crippen molar-refractivity contribution in [3.8, 4) is 44.9 Å². The molecule has 0 fully saturated rings. The molecule has 4 aromatic carbocycles. The van der Waals surface area contributed by atoms with E-state index in [-0.39, 0.29) is 17.2 Å². The van der Waals surface area contributed by atoms with Crippen molar-refractivity contribution < 1.29 is 33.4 Å². The highest BCUT2D eigenvalue weighted by atomic mass is 32.1. The Balaban J connectivity index is 0.839. The second-order valence-electron chi connectivity index (χ2n) is 20.1. The lowest BCUT2D eigenvalue weighted by Crippen LogP contribution is -2.35. The first-order valence-electron chi connectivity index (χ1n) is 28.2. The van der Waals surface area contributed by atoms with E-state index in [1.165, 1.54) is 0 Å². The van der Waals surface area contributed by atoms with Gasteiger partial charge in [-0.15, -0.1) is 0 Å². The standard InChI is InChI=1S/C64H74N8O7S2/c1-10-69(8)43-21-27-49-55(35-43)78-57-37-45(71(12-3)13-4)23-29-51(57)59(49)47-25-19-41(33-53(47)61(73)74)67-63(80)65-31-17-16-18-32-77-40(7)39-66-64(81)68-42-20-26-48(54(34-42)62(75)76)60-50-28-22-44(70(9)11-2)36-56(50)79-58-38-46(24-30-52(58)60)72(14-5)15-6/h19-30,33-38,40H,10-18,31-32,39H2,1-9H3,(H4,65,66,73,74,75,76,80,81)/p+2. The molecule has 0 radical (unpaired) electrons. The number of benzene rings is 6. The van der Waals surface area contributed by atoms with Crippen molar-refractivity contribution in [2.24, 2.45) is 0 Å². The van der Waals surface area contributed by atoms with Crippen molar-refractivity contribution in [1.29, 1.82) is 0 Å². The van der Waals surface area contributed by atoms with Gasteiger partial charge in [0.2, 0.25) is 10.7 Å². The molecule has 0 aromatic heterocycles. The average Bonchev–Trinajstić information content (AvgIpc) is 3.63. The predicted octanol–water partition coefficient (Wildman–Crippen LogP) is 11.5. The van der Waals surface area contributed by atoms with Crippen molar-refractivity contribution in [1.82, 2.24) is 19.8 Å². The third kappa shape index (κ3) is 13.7. The van der Waals surface area contributed by atoms with Crippen molar-refractivity contribution in [2.75, 3.05) is 93.5 Å². The number of aromatic carboxylic acids is 2. The van der Waals surface area contributed by atoms with Crippen molar-refractivity contribution in [3.63, 3.8) is 0 Å². The second kappa shape index (κ2) is 27.1. The second-order valence-corrected chi connectivity index (χ2v) is 21.0. The van der Waals surface area contributed by atoms with E-state index < -0.39 is 11.9 Å². The van der Waals surface area contributed by atoms with Crippen LogP contribution in [0.4, 0.5) is 22.7 Å². The Morgan fingerprint density at radius 1 is 0.568 bits per heavy atom. The number of carboxylic acids is 2. The maximum atomic E-state index is 13.0. The zero-order chi connectivity index (χ0) is 57.9. The van der Waals surface area contributed by atoms with E-state index >= 15 is 0 Å². The number of nitrogens with zero attached hydrogens (tertiary/aromatic N) is 4. The SMILES string of the molecule is CCN(CC)c1ccc2c(-c3ccc(NC(=S)NCCCCCOC(C)CNC(=S)Nc4ccc(-c5c6cc/c(=[N+](\C)CC)cc-6oc6cc(N(CC)CC)ccc56)c(C(=O)O)c4)cc3C(=O)O)c3cc/c(=[N+](\C)CC)cc-3oc2c1. The minimum atomic E-state index is -1.06. The normalized spacial score (nSPS) is 12.6. The van der Waals surface area contributed by atoms with Crippen LogP contribution in [0.15, 0.2) is 118 Å². The number of rotatable bonds is 23. The molecule has 0 saturated heterocycles. The Bertz CT molecular complexity index is 3690. The molecule has 4 aliphatic rings. The van der Waals surface area contributed by atoms with Gasteiger partial charge in [-0.25, -0.2) is 18.7 Å². The third-order valence-corrected chi connectivity index (χ3v) is 15.6. The Labute approximate surface area is 485 Å². The van der Waals surface area contributed by atoms with Crippen LogP contribution in [0.3, 0.4) is 0 Å². The molecule has 15 nitrogen and oxygen atoms in total.